The third kappa shape index (κ3) is 16.4. The van der Waals surface area contributed by atoms with Crippen LogP contribution in [0.15, 0.2) is 48.5 Å². The van der Waals surface area contributed by atoms with Crippen LogP contribution in [0.2, 0.25) is 0 Å². The SMILES string of the molecule is CC(C)c1cc(C[N+]2(C)CCOCC2)cc(C(C)C)c1N1[CH-]N(c2c(C(C)C)cc(C[N+]3(C)CCOCC3)cc2C(C)C)CC1.C[N+]1(C)CCC(Oc2ccccc2[CH]=[Ru]([Cl])[Cl])CC1.[Cl-].[Cl-].[Cl-]. The van der Waals surface area contributed by atoms with Crippen molar-refractivity contribution in [3.8, 4) is 5.75 Å². The molecule has 4 saturated heterocycles. The number of morpholine rings is 2. The number of likely N-dealkylation sites (N-methyl/N-ethyl adjacent to an activating group) is 2. The molecule has 0 amide bonds. The van der Waals surface area contributed by atoms with Crippen molar-refractivity contribution in [3.63, 3.8) is 0 Å². The zero-order valence-corrected chi connectivity index (χ0v) is 48.2. The number of nitrogens with zero attached hydrogens (tertiary/aromatic N) is 5. The molecule has 3 aromatic carbocycles. The Morgan fingerprint density at radius 2 is 1.00 bits per heavy atom. The molecule has 0 N–H and O–H groups in total. The number of para-hydroxylation sites is 1. The van der Waals surface area contributed by atoms with E-state index in [2.05, 4.69) is 124 Å². The molecule has 4 fully saturated rings. The Bertz CT molecular complexity index is 1880. The van der Waals surface area contributed by atoms with E-state index in [-0.39, 0.29) is 37.2 Å². The molecule has 4 aliphatic heterocycles. The maximum absolute atomic E-state index is 6.15. The van der Waals surface area contributed by atoms with Crippen LogP contribution in [-0.4, -0.2) is 131 Å². The van der Waals surface area contributed by atoms with E-state index in [0.29, 0.717) is 29.8 Å². The van der Waals surface area contributed by atoms with Crippen molar-refractivity contribution in [2.45, 2.75) is 111 Å². The van der Waals surface area contributed by atoms with Crippen LogP contribution in [0.3, 0.4) is 0 Å². The number of piperidine rings is 1. The fourth-order valence-corrected chi connectivity index (χ4v) is 11.8. The third-order valence-electron chi connectivity index (χ3n) is 14.1. The maximum atomic E-state index is 6.15. The second-order valence-electron chi connectivity index (χ2n) is 21.6. The van der Waals surface area contributed by atoms with Gasteiger partial charge in [-0.2, -0.15) is 6.67 Å². The Kier molecular flexibility index (Phi) is 23.8. The van der Waals surface area contributed by atoms with E-state index in [4.69, 9.17) is 33.6 Å². The predicted octanol–water partition coefficient (Wildman–Crippen LogP) is 1.97. The Hall–Kier alpha value is -1.20. The number of hydrogen-bond donors (Lipinski definition) is 0. The molecule has 4 heterocycles. The molecule has 4 aliphatic rings. The first-order valence-electron chi connectivity index (χ1n) is 24.2. The van der Waals surface area contributed by atoms with Gasteiger partial charge in [-0.05, 0) is 70.2 Å². The Labute approximate surface area is 438 Å². The summed E-state index contributed by atoms with van der Waals surface area (Å²) < 4.78 is 22.7. The number of quaternary nitrogens is 3. The van der Waals surface area contributed by atoms with E-state index >= 15 is 0 Å². The Morgan fingerprint density at radius 3 is 1.36 bits per heavy atom. The number of ether oxygens (including phenoxy) is 3. The van der Waals surface area contributed by atoms with Crippen LogP contribution >= 0.6 is 19.4 Å². The van der Waals surface area contributed by atoms with Crippen molar-refractivity contribution in [2.24, 2.45) is 0 Å². The first-order valence-corrected chi connectivity index (χ1v) is 29.7. The summed E-state index contributed by atoms with van der Waals surface area (Å²) in [4.78, 5) is 5.17. The van der Waals surface area contributed by atoms with E-state index in [0.717, 1.165) is 116 Å². The summed E-state index contributed by atoms with van der Waals surface area (Å²) in [6.45, 7) is 35.7. The van der Waals surface area contributed by atoms with E-state index < -0.39 is 13.5 Å². The Balaban J connectivity index is 0.000000456. The van der Waals surface area contributed by atoms with Gasteiger partial charge in [0, 0.05) is 35.6 Å². The second-order valence-corrected chi connectivity index (χ2v) is 27.3. The van der Waals surface area contributed by atoms with Gasteiger partial charge in [0.25, 0.3) is 0 Å². The summed E-state index contributed by atoms with van der Waals surface area (Å²) in [6.07, 6.45) is 2.52. The molecule has 7 rings (SSSR count). The number of likely N-dealkylation sites (tertiary alicyclic amines) is 1. The van der Waals surface area contributed by atoms with Gasteiger partial charge in [0.1, 0.15) is 39.3 Å². The van der Waals surface area contributed by atoms with Gasteiger partial charge in [0.05, 0.1) is 40.5 Å². The van der Waals surface area contributed by atoms with Crippen molar-refractivity contribution >= 4 is 35.4 Å². The number of anilines is 2. The van der Waals surface area contributed by atoms with Crippen LogP contribution < -0.4 is 51.8 Å². The summed E-state index contributed by atoms with van der Waals surface area (Å²) >= 11 is -1.81. The van der Waals surface area contributed by atoms with Crippen molar-refractivity contribution in [3.05, 3.63) is 94.1 Å². The minimum Gasteiger partial charge on any atom is -1.00 e. The van der Waals surface area contributed by atoms with Gasteiger partial charge in [-0.3, -0.25) is 0 Å². The van der Waals surface area contributed by atoms with Gasteiger partial charge in [-0.1, -0.05) is 55.4 Å². The zero-order valence-electron chi connectivity index (χ0n) is 42.7. The number of hydrogen-bond acceptors (Lipinski definition) is 5. The summed E-state index contributed by atoms with van der Waals surface area (Å²) in [5.41, 5.74) is 12.8. The average Bonchev–Trinajstić information content (AvgIpc) is 3.71. The first-order chi connectivity index (χ1) is 30.3. The average molecular weight is 1120 g/mol. The van der Waals surface area contributed by atoms with Crippen LogP contribution in [0.25, 0.3) is 0 Å². The fourth-order valence-electron chi connectivity index (χ4n) is 9.99. The molecule has 8 nitrogen and oxygen atoms in total. The molecule has 14 heteroatoms. The normalized spacial score (nSPS) is 19.3. The molecular formula is C53H83Cl5N5O3Ru-. The van der Waals surface area contributed by atoms with Crippen LogP contribution in [0.1, 0.15) is 131 Å². The van der Waals surface area contributed by atoms with E-state index in [1.807, 2.05) is 28.9 Å². The largest absolute Gasteiger partial charge is 1.00 e. The number of benzene rings is 3. The molecule has 0 bridgehead atoms. The smallest absolute Gasteiger partial charge is 1.00 e. The topological polar surface area (TPSA) is 34.2 Å². The van der Waals surface area contributed by atoms with Crippen molar-refractivity contribution < 1.29 is 78.4 Å². The van der Waals surface area contributed by atoms with Crippen molar-refractivity contribution in [2.75, 3.05) is 117 Å². The molecule has 0 aliphatic carbocycles. The van der Waals surface area contributed by atoms with E-state index in [1.54, 1.807) is 0 Å². The minimum absolute atomic E-state index is 0. The monoisotopic (exact) mass is 1110 g/mol. The van der Waals surface area contributed by atoms with Crippen molar-refractivity contribution in [1.82, 2.24) is 0 Å². The number of halogens is 5. The van der Waals surface area contributed by atoms with E-state index in [9.17, 15) is 0 Å². The van der Waals surface area contributed by atoms with Gasteiger partial charge in [0.2, 0.25) is 0 Å². The van der Waals surface area contributed by atoms with Crippen LogP contribution in [-0.2, 0) is 36.1 Å². The molecule has 0 spiro atoms. The molecule has 382 valence electrons. The quantitative estimate of drug-likeness (QED) is 0.149. The first kappa shape index (κ1) is 60.1. The number of rotatable bonds is 13. The van der Waals surface area contributed by atoms with Crippen LogP contribution in [0.4, 0.5) is 11.4 Å². The molecule has 0 aromatic heterocycles. The third-order valence-corrected chi connectivity index (χ3v) is 16.0. The molecule has 0 atom stereocenters. The van der Waals surface area contributed by atoms with Crippen LogP contribution in [0, 0.1) is 6.67 Å². The van der Waals surface area contributed by atoms with Gasteiger partial charge in [0.15, 0.2) is 0 Å². The van der Waals surface area contributed by atoms with Gasteiger partial charge < -0.3 is 65.5 Å². The molecule has 3 aromatic rings. The molecule has 67 heavy (non-hydrogen) atoms. The van der Waals surface area contributed by atoms with Crippen LogP contribution in [0.5, 0.6) is 5.75 Å². The second kappa shape index (κ2) is 26.5. The summed E-state index contributed by atoms with van der Waals surface area (Å²) in [5, 5.41) is 0. The summed E-state index contributed by atoms with van der Waals surface area (Å²) in [6, 6.07) is 18.1. The van der Waals surface area contributed by atoms with Gasteiger partial charge in [-0.25, -0.2) is 0 Å². The summed E-state index contributed by atoms with van der Waals surface area (Å²) in [7, 11) is 21.3. The molecule has 0 unspecified atom stereocenters. The zero-order chi connectivity index (χ0) is 46.4. The Morgan fingerprint density at radius 1 is 0.627 bits per heavy atom. The summed E-state index contributed by atoms with van der Waals surface area (Å²) in [5.74, 6) is 2.74. The molecule has 0 radical (unpaired) electrons. The molecule has 0 saturated carbocycles. The standard InChI is InChI=1S/C39H63N4O2.C14H20NO.5ClH.Ru/c1-28(2)34-21-32(25-42(9)13-17-44-18-14-42)22-35(29(3)4)38(34)40-11-12-41(27-40)39-36(30(5)6)23-33(24-37(39)31(7)8)26-43(10)15-19-45-20-16-43;1-12-6-4-5-7-14(12)16-13-8-10-15(2,3)11-9-13;;;;;;/h21-24,27-31H,11-20,25-26H2,1-10H3;1,4-7,13H,8-11H2,2-3H3;5*1H;/q2*+1;;;;;;+2/p-5. The minimum atomic E-state index is -1.81. The van der Waals surface area contributed by atoms with Gasteiger partial charge >= 0.3 is 128 Å². The van der Waals surface area contributed by atoms with Crippen molar-refractivity contribution in [1.29, 1.82) is 0 Å². The van der Waals surface area contributed by atoms with Gasteiger partial charge in [-0.15, -0.1) is 0 Å². The fraction of sp³-hybridized carbons (Fsp3) is 0.623. The predicted molar refractivity (Wildman–Crippen MR) is 268 cm³/mol. The van der Waals surface area contributed by atoms with E-state index in [1.165, 1.54) is 57.8 Å². The maximum Gasteiger partial charge on any atom is -1.00 e. The molecular weight excluding hydrogens is 1030 g/mol.